The Kier molecular flexibility index (Phi) is 5.57. The Morgan fingerprint density at radius 1 is 1.26 bits per heavy atom. The predicted molar refractivity (Wildman–Crippen MR) is 99.0 cm³/mol. The molecule has 0 aliphatic carbocycles. The first-order valence-electron chi connectivity index (χ1n) is 9.30. The van der Waals surface area contributed by atoms with Crippen molar-refractivity contribution in [1.82, 2.24) is 24.5 Å². The highest BCUT2D eigenvalue weighted by Gasteiger charge is 2.24. The highest BCUT2D eigenvalue weighted by Crippen LogP contribution is 2.18. The number of aromatic nitrogens is 4. The number of aryl methyl sites for hydroxylation is 2. The molecule has 1 aliphatic heterocycles. The lowest BCUT2D eigenvalue weighted by molar-refractivity contribution is -0.153. The summed E-state index contributed by atoms with van der Waals surface area (Å²) in [6, 6.07) is 0.211. The highest BCUT2D eigenvalue weighted by atomic mass is 16.5. The maximum absolute atomic E-state index is 12.3. The zero-order valence-electron chi connectivity index (χ0n) is 16.1. The fourth-order valence-corrected chi connectivity index (χ4v) is 3.58. The van der Waals surface area contributed by atoms with Gasteiger partial charge in [0, 0.05) is 30.4 Å². The molecule has 3 rings (SSSR count). The van der Waals surface area contributed by atoms with E-state index in [1.165, 1.54) is 0 Å². The third-order valence-corrected chi connectivity index (χ3v) is 5.12. The van der Waals surface area contributed by atoms with Crippen molar-refractivity contribution in [2.24, 2.45) is 0 Å². The molecule has 0 spiro atoms. The number of nitrogens with two attached hydrogens (primary N) is 1. The van der Waals surface area contributed by atoms with Crippen LogP contribution in [0, 0.1) is 13.8 Å². The first-order valence-corrected chi connectivity index (χ1v) is 9.30. The van der Waals surface area contributed by atoms with Gasteiger partial charge < -0.3 is 15.4 Å². The lowest BCUT2D eigenvalue weighted by atomic mass is 10.0. The second kappa shape index (κ2) is 7.89. The van der Waals surface area contributed by atoms with Gasteiger partial charge in [-0.15, -0.1) is 5.10 Å². The van der Waals surface area contributed by atoms with Crippen LogP contribution in [0.25, 0.3) is 5.78 Å². The summed E-state index contributed by atoms with van der Waals surface area (Å²) < 4.78 is 6.77. The van der Waals surface area contributed by atoms with E-state index in [1.54, 1.807) is 9.42 Å². The molecule has 1 saturated heterocycles. The number of amides is 1. The SMILES string of the molecule is Cc1nc2nc(N)nn2c(C)c1CCC(=O)OCC(=O)N1CCCC[C@H]1C. The van der Waals surface area contributed by atoms with Crippen molar-refractivity contribution in [3.05, 3.63) is 17.0 Å². The van der Waals surface area contributed by atoms with Gasteiger partial charge in [-0.1, -0.05) is 0 Å². The van der Waals surface area contributed by atoms with Gasteiger partial charge in [-0.2, -0.15) is 9.50 Å². The lowest BCUT2D eigenvalue weighted by Crippen LogP contribution is -2.44. The van der Waals surface area contributed by atoms with Gasteiger partial charge in [0.05, 0.1) is 0 Å². The van der Waals surface area contributed by atoms with Gasteiger partial charge in [0.2, 0.25) is 5.95 Å². The van der Waals surface area contributed by atoms with Crippen LogP contribution in [0.2, 0.25) is 0 Å². The standard InChI is InChI=1S/C18H26N6O3/c1-11-6-4-5-9-23(11)15(25)10-27-16(26)8-7-14-12(2)20-18-21-17(19)22-24(18)13(14)3/h11H,4-10H2,1-3H3,(H2,19,22)/t11-/m1/s1. The van der Waals surface area contributed by atoms with E-state index in [1.807, 2.05) is 20.8 Å². The van der Waals surface area contributed by atoms with E-state index in [0.717, 1.165) is 42.8 Å². The van der Waals surface area contributed by atoms with Crippen LogP contribution in [0.3, 0.4) is 0 Å². The van der Waals surface area contributed by atoms with Crippen molar-refractivity contribution in [3.8, 4) is 0 Å². The van der Waals surface area contributed by atoms with Crippen LogP contribution in [0.15, 0.2) is 0 Å². The van der Waals surface area contributed by atoms with Crippen LogP contribution in [0.4, 0.5) is 5.95 Å². The second-order valence-electron chi connectivity index (χ2n) is 7.04. The molecule has 0 saturated carbocycles. The van der Waals surface area contributed by atoms with E-state index in [9.17, 15) is 9.59 Å². The zero-order chi connectivity index (χ0) is 19.6. The van der Waals surface area contributed by atoms with Crippen molar-refractivity contribution >= 4 is 23.6 Å². The molecule has 0 aromatic carbocycles. The van der Waals surface area contributed by atoms with E-state index in [-0.39, 0.29) is 30.9 Å². The minimum absolute atomic E-state index is 0.121. The minimum Gasteiger partial charge on any atom is -0.456 e. The number of carbonyl (C=O) groups is 2. The second-order valence-corrected chi connectivity index (χ2v) is 7.04. The van der Waals surface area contributed by atoms with Crippen LogP contribution < -0.4 is 5.73 Å². The van der Waals surface area contributed by atoms with Gasteiger partial charge >= 0.3 is 5.97 Å². The minimum atomic E-state index is -0.398. The predicted octanol–water partition coefficient (Wildman–Crippen LogP) is 1.20. The smallest absolute Gasteiger partial charge is 0.306 e. The van der Waals surface area contributed by atoms with Gasteiger partial charge in [0.25, 0.3) is 11.7 Å². The fraction of sp³-hybridized carbons (Fsp3) is 0.611. The summed E-state index contributed by atoms with van der Waals surface area (Å²) >= 11 is 0. The number of esters is 1. The number of carbonyl (C=O) groups excluding carboxylic acids is 2. The number of nitrogens with zero attached hydrogens (tertiary/aromatic N) is 5. The van der Waals surface area contributed by atoms with Gasteiger partial charge in [0.15, 0.2) is 6.61 Å². The van der Waals surface area contributed by atoms with Crippen molar-refractivity contribution in [2.75, 3.05) is 18.9 Å². The number of anilines is 1. The molecule has 1 amide bonds. The highest BCUT2D eigenvalue weighted by molar-refractivity contribution is 5.81. The molecule has 9 heteroatoms. The van der Waals surface area contributed by atoms with Crippen LogP contribution in [0.5, 0.6) is 0 Å². The lowest BCUT2D eigenvalue weighted by Gasteiger charge is -2.33. The Bertz CT molecular complexity index is 862. The zero-order valence-corrected chi connectivity index (χ0v) is 16.1. The molecule has 1 atom stereocenters. The summed E-state index contributed by atoms with van der Waals surface area (Å²) in [5.41, 5.74) is 8.15. The average molecular weight is 374 g/mol. The third-order valence-electron chi connectivity index (χ3n) is 5.12. The number of nitrogen functional groups attached to an aromatic ring is 1. The molecule has 9 nitrogen and oxygen atoms in total. The Hall–Kier alpha value is -2.71. The number of fused-ring (bicyclic) bond motifs is 1. The molecule has 0 unspecified atom stereocenters. The van der Waals surface area contributed by atoms with E-state index in [0.29, 0.717) is 12.2 Å². The number of likely N-dealkylation sites (tertiary alicyclic amines) is 1. The van der Waals surface area contributed by atoms with Crippen molar-refractivity contribution in [1.29, 1.82) is 0 Å². The molecule has 2 aromatic rings. The van der Waals surface area contributed by atoms with Gasteiger partial charge in [-0.3, -0.25) is 9.59 Å². The van der Waals surface area contributed by atoms with Crippen molar-refractivity contribution in [3.63, 3.8) is 0 Å². The topological polar surface area (TPSA) is 116 Å². The Morgan fingerprint density at radius 3 is 2.78 bits per heavy atom. The van der Waals surface area contributed by atoms with E-state index in [2.05, 4.69) is 15.1 Å². The molecule has 3 heterocycles. The average Bonchev–Trinajstić information content (AvgIpc) is 3.00. The third kappa shape index (κ3) is 4.17. The van der Waals surface area contributed by atoms with Crippen LogP contribution >= 0.6 is 0 Å². The fourth-order valence-electron chi connectivity index (χ4n) is 3.58. The number of ether oxygens (including phenoxy) is 1. The summed E-state index contributed by atoms with van der Waals surface area (Å²) in [6.07, 6.45) is 3.76. The number of hydrogen-bond donors (Lipinski definition) is 1. The van der Waals surface area contributed by atoms with E-state index < -0.39 is 5.97 Å². The normalized spacial score (nSPS) is 17.3. The molecule has 2 N–H and O–H groups in total. The summed E-state index contributed by atoms with van der Waals surface area (Å²) in [5, 5.41) is 4.11. The first kappa shape index (κ1) is 19.1. The largest absolute Gasteiger partial charge is 0.456 e. The summed E-state index contributed by atoms with van der Waals surface area (Å²) in [6.45, 7) is 6.32. The molecule has 27 heavy (non-hydrogen) atoms. The van der Waals surface area contributed by atoms with Crippen molar-refractivity contribution < 1.29 is 14.3 Å². The first-order chi connectivity index (χ1) is 12.9. The molecule has 1 fully saturated rings. The summed E-state index contributed by atoms with van der Waals surface area (Å²) in [4.78, 5) is 34.6. The number of rotatable bonds is 5. The molecule has 1 aliphatic rings. The molecular weight excluding hydrogens is 348 g/mol. The summed E-state index contributed by atoms with van der Waals surface area (Å²) in [7, 11) is 0. The van der Waals surface area contributed by atoms with E-state index >= 15 is 0 Å². The van der Waals surface area contributed by atoms with Gasteiger partial charge in [0.1, 0.15) is 0 Å². The van der Waals surface area contributed by atoms with Gasteiger partial charge in [-0.25, -0.2) is 4.98 Å². The molecular formula is C18H26N6O3. The molecule has 146 valence electrons. The van der Waals surface area contributed by atoms with Crippen LogP contribution in [0.1, 0.15) is 49.6 Å². The Balaban J connectivity index is 1.56. The van der Waals surface area contributed by atoms with Gasteiger partial charge in [-0.05, 0) is 52.0 Å². The molecule has 2 aromatic heterocycles. The maximum Gasteiger partial charge on any atom is 0.306 e. The van der Waals surface area contributed by atoms with Crippen LogP contribution in [-0.4, -0.2) is 55.6 Å². The molecule has 0 radical (unpaired) electrons. The Morgan fingerprint density at radius 2 is 2.04 bits per heavy atom. The molecule has 0 bridgehead atoms. The number of piperidine rings is 1. The number of hydrogen-bond acceptors (Lipinski definition) is 7. The summed E-state index contributed by atoms with van der Waals surface area (Å²) in [5.74, 6) is 0.0798. The maximum atomic E-state index is 12.3. The monoisotopic (exact) mass is 374 g/mol. The van der Waals surface area contributed by atoms with Crippen molar-refractivity contribution in [2.45, 2.75) is 58.9 Å². The Labute approximate surface area is 157 Å². The van der Waals surface area contributed by atoms with Crippen LogP contribution in [-0.2, 0) is 20.7 Å². The quantitative estimate of drug-likeness (QED) is 0.782. The van der Waals surface area contributed by atoms with E-state index in [4.69, 9.17) is 10.5 Å².